The number of nitrogens with zero attached hydrogens (tertiary/aromatic N) is 1. The Bertz CT molecular complexity index is 652. The third kappa shape index (κ3) is 1.80. The van der Waals surface area contributed by atoms with E-state index in [4.69, 9.17) is 16.9 Å². The third-order valence-corrected chi connectivity index (χ3v) is 2.68. The van der Waals surface area contributed by atoms with E-state index in [1.165, 1.54) is 0 Å². The molecular formula is C12H9ClN2O. The zero-order valence-corrected chi connectivity index (χ0v) is 9.43. The number of pyridine rings is 1. The van der Waals surface area contributed by atoms with Crippen LogP contribution in [0.25, 0.3) is 10.9 Å². The lowest BCUT2D eigenvalue weighted by Crippen LogP contribution is -2.12. The molecule has 0 amide bonds. The van der Waals surface area contributed by atoms with Gasteiger partial charge in [0.2, 0.25) is 0 Å². The van der Waals surface area contributed by atoms with E-state index in [0.717, 1.165) is 16.5 Å². The van der Waals surface area contributed by atoms with E-state index in [1.807, 2.05) is 13.0 Å². The summed E-state index contributed by atoms with van der Waals surface area (Å²) in [5, 5.41) is 10.1. The van der Waals surface area contributed by atoms with Crippen LogP contribution in [0.1, 0.15) is 11.1 Å². The van der Waals surface area contributed by atoms with Gasteiger partial charge < -0.3 is 4.98 Å². The Hall–Kier alpha value is -1.79. The number of aryl methyl sites for hydroxylation is 1. The van der Waals surface area contributed by atoms with Crippen molar-refractivity contribution >= 4 is 22.5 Å². The van der Waals surface area contributed by atoms with Gasteiger partial charge in [-0.3, -0.25) is 4.79 Å². The fourth-order valence-electron chi connectivity index (χ4n) is 1.72. The second-order valence-corrected chi connectivity index (χ2v) is 4.08. The zero-order valence-electron chi connectivity index (χ0n) is 8.67. The van der Waals surface area contributed by atoms with Crippen LogP contribution >= 0.6 is 11.6 Å². The number of hydrogen-bond acceptors (Lipinski definition) is 2. The van der Waals surface area contributed by atoms with Gasteiger partial charge in [-0.2, -0.15) is 5.26 Å². The lowest BCUT2D eigenvalue weighted by atomic mass is 10.1. The molecule has 16 heavy (non-hydrogen) atoms. The molecule has 80 valence electrons. The maximum atomic E-state index is 11.6. The fraction of sp³-hybridized carbons (Fsp3) is 0.167. The van der Waals surface area contributed by atoms with E-state index in [-0.39, 0.29) is 12.0 Å². The van der Waals surface area contributed by atoms with Gasteiger partial charge in [0, 0.05) is 16.0 Å². The molecule has 0 atom stereocenters. The molecule has 2 rings (SSSR count). The number of aromatic nitrogens is 1. The molecule has 0 aliphatic carbocycles. The lowest BCUT2D eigenvalue weighted by Gasteiger charge is -2.04. The summed E-state index contributed by atoms with van der Waals surface area (Å²) in [6.45, 7) is 1.88. The highest BCUT2D eigenvalue weighted by Crippen LogP contribution is 2.21. The number of benzene rings is 1. The molecule has 0 aliphatic rings. The summed E-state index contributed by atoms with van der Waals surface area (Å²) < 4.78 is 0. The van der Waals surface area contributed by atoms with Gasteiger partial charge in [-0.15, -0.1) is 0 Å². The van der Waals surface area contributed by atoms with Gasteiger partial charge in [-0.05, 0) is 30.7 Å². The van der Waals surface area contributed by atoms with Gasteiger partial charge in [0.25, 0.3) is 5.56 Å². The Morgan fingerprint density at radius 3 is 2.88 bits per heavy atom. The molecule has 1 N–H and O–H groups in total. The van der Waals surface area contributed by atoms with E-state index < -0.39 is 0 Å². The van der Waals surface area contributed by atoms with E-state index in [0.29, 0.717) is 10.6 Å². The smallest absolute Gasteiger partial charge is 0.252 e. The van der Waals surface area contributed by atoms with Crippen molar-refractivity contribution in [3.63, 3.8) is 0 Å². The molecule has 1 aromatic carbocycles. The molecule has 0 bridgehead atoms. The van der Waals surface area contributed by atoms with Crippen LogP contribution in [0.5, 0.6) is 0 Å². The predicted molar refractivity (Wildman–Crippen MR) is 63.6 cm³/mol. The van der Waals surface area contributed by atoms with Crippen LogP contribution < -0.4 is 5.56 Å². The minimum atomic E-state index is -0.209. The van der Waals surface area contributed by atoms with E-state index in [9.17, 15) is 4.79 Å². The van der Waals surface area contributed by atoms with E-state index in [1.54, 1.807) is 18.2 Å². The Labute approximate surface area is 97.3 Å². The number of aromatic amines is 1. The van der Waals surface area contributed by atoms with E-state index >= 15 is 0 Å². The fourth-order valence-corrected chi connectivity index (χ4v) is 2.00. The summed E-state index contributed by atoms with van der Waals surface area (Å²) in [6, 6.07) is 7.26. The van der Waals surface area contributed by atoms with Crippen LogP contribution in [0.2, 0.25) is 5.02 Å². The topological polar surface area (TPSA) is 56.6 Å². The molecule has 0 fully saturated rings. The van der Waals surface area contributed by atoms with Crippen LogP contribution in [0.3, 0.4) is 0 Å². The quantitative estimate of drug-likeness (QED) is 0.822. The molecule has 1 heterocycles. The highest BCUT2D eigenvalue weighted by Gasteiger charge is 2.05. The molecule has 1 aromatic heterocycles. The molecule has 3 nitrogen and oxygen atoms in total. The zero-order chi connectivity index (χ0) is 11.7. The summed E-state index contributed by atoms with van der Waals surface area (Å²) >= 11 is 5.94. The first-order valence-corrected chi connectivity index (χ1v) is 5.18. The third-order valence-electron chi connectivity index (χ3n) is 2.46. The van der Waals surface area contributed by atoms with Crippen molar-refractivity contribution in [1.29, 1.82) is 5.26 Å². The van der Waals surface area contributed by atoms with Gasteiger partial charge in [0.1, 0.15) is 0 Å². The summed E-state index contributed by atoms with van der Waals surface area (Å²) in [6.07, 6.45) is 0.108. The molecule has 0 unspecified atom stereocenters. The van der Waals surface area contributed by atoms with Crippen molar-refractivity contribution in [3.05, 3.63) is 44.7 Å². The molecule has 0 aliphatic heterocycles. The average molecular weight is 233 g/mol. The van der Waals surface area contributed by atoms with Crippen molar-refractivity contribution in [2.45, 2.75) is 13.3 Å². The maximum Gasteiger partial charge on any atom is 0.252 e. The summed E-state index contributed by atoms with van der Waals surface area (Å²) in [5.41, 5.74) is 1.95. The van der Waals surface area contributed by atoms with Gasteiger partial charge in [0.15, 0.2) is 0 Å². The van der Waals surface area contributed by atoms with Crippen LogP contribution in [-0.4, -0.2) is 4.98 Å². The molecule has 0 radical (unpaired) electrons. The summed E-state index contributed by atoms with van der Waals surface area (Å²) in [7, 11) is 0. The van der Waals surface area contributed by atoms with Gasteiger partial charge >= 0.3 is 0 Å². The number of rotatable bonds is 1. The second kappa shape index (κ2) is 3.99. The average Bonchev–Trinajstić information content (AvgIpc) is 2.21. The number of nitriles is 1. The monoisotopic (exact) mass is 232 g/mol. The minimum absolute atomic E-state index is 0.108. The second-order valence-electron chi connectivity index (χ2n) is 3.65. The maximum absolute atomic E-state index is 11.6. The summed E-state index contributed by atoms with van der Waals surface area (Å²) in [5.74, 6) is 0. The Morgan fingerprint density at radius 2 is 2.19 bits per heavy atom. The Morgan fingerprint density at radius 1 is 1.44 bits per heavy atom. The Kier molecular flexibility index (Phi) is 2.67. The Balaban J connectivity index is 2.80. The van der Waals surface area contributed by atoms with Crippen molar-refractivity contribution in [1.82, 2.24) is 4.98 Å². The highest BCUT2D eigenvalue weighted by molar-refractivity contribution is 6.31. The van der Waals surface area contributed by atoms with Crippen LogP contribution in [0.4, 0.5) is 0 Å². The normalized spacial score (nSPS) is 10.3. The number of fused-ring (bicyclic) bond motifs is 1. The van der Waals surface area contributed by atoms with E-state index in [2.05, 4.69) is 4.98 Å². The van der Waals surface area contributed by atoms with Gasteiger partial charge in [-0.1, -0.05) is 11.6 Å². The molecule has 4 heteroatoms. The van der Waals surface area contributed by atoms with Crippen molar-refractivity contribution in [2.75, 3.05) is 0 Å². The van der Waals surface area contributed by atoms with Gasteiger partial charge in [-0.25, -0.2) is 0 Å². The molecule has 0 spiro atoms. The number of H-pyrrole nitrogens is 1. The van der Waals surface area contributed by atoms with Crippen molar-refractivity contribution < 1.29 is 0 Å². The minimum Gasteiger partial charge on any atom is -0.321 e. The first kappa shape index (κ1) is 10.7. The van der Waals surface area contributed by atoms with Crippen molar-refractivity contribution in [3.8, 4) is 6.07 Å². The summed E-state index contributed by atoms with van der Waals surface area (Å²) in [4.78, 5) is 14.4. The molecular weight excluding hydrogens is 224 g/mol. The molecule has 0 saturated carbocycles. The van der Waals surface area contributed by atoms with Crippen molar-refractivity contribution in [2.24, 2.45) is 0 Å². The standard InChI is InChI=1S/C12H9ClN2O/c1-7-4-10(13)6-9-5-8(2-3-14)12(16)15-11(7)9/h4-6H,2H2,1H3,(H,15,16). The highest BCUT2D eigenvalue weighted by atomic mass is 35.5. The first-order chi connectivity index (χ1) is 7.61. The molecule has 0 saturated heterocycles. The SMILES string of the molecule is Cc1cc(Cl)cc2cc(CC#N)c(=O)[nH]c12. The van der Waals surface area contributed by atoms with Crippen LogP contribution in [0, 0.1) is 18.3 Å². The lowest BCUT2D eigenvalue weighted by molar-refractivity contribution is 1.16. The number of hydrogen-bond donors (Lipinski definition) is 1. The largest absolute Gasteiger partial charge is 0.321 e. The van der Waals surface area contributed by atoms with Crippen LogP contribution in [-0.2, 0) is 6.42 Å². The van der Waals surface area contributed by atoms with Gasteiger partial charge in [0.05, 0.1) is 18.0 Å². The van der Waals surface area contributed by atoms with Crippen LogP contribution in [0.15, 0.2) is 23.0 Å². The first-order valence-electron chi connectivity index (χ1n) is 4.81. The molecule has 2 aromatic rings. The number of halogens is 1. The number of nitrogens with one attached hydrogen (secondary N) is 1. The predicted octanol–water partition coefficient (Wildman–Crippen LogP) is 2.56.